The number of halogens is 1. The van der Waals surface area contributed by atoms with Crippen LogP contribution < -0.4 is 0 Å². The van der Waals surface area contributed by atoms with Crippen molar-refractivity contribution in [3.05, 3.63) is 3.95 Å². The van der Waals surface area contributed by atoms with Gasteiger partial charge in [-0.05, 0) is 18.6 Å². The number of hydrogen-bond donors (Lipinski definition) is 0. The molecule has 0 aliphatic carbocycles. The minimum absolute atomic E-state index is 0.355. The number of hydrogen-bond acceptors (Lipinski definition) is 4. The van der Waals surface area contributed by atoms with Crippen LogP contribution in [0.2, 0.25) is 0 Å². The van der Waals surface area contributed by atoms with E-state index >= 15 is 0 Å². The average Bonchev–Trinajstić information content (AvgIpc) is 2.85. The fraction of sp³-hybridized carbons (Fsp3) is 0.867. The molecule has 6 heteroatoms. The summed E-state index contributed by atoms with van der Waals surface area (Å²) in [5.74, 6) is 1.14. The first-order chi connectivity index (χ1) is 10.3. The molecule has 0 aliphatic rings. The first-order valence-corrected chi connectivity index (χ1v) is 10.8. The fourth-order valence-electron chi connectivity index (χ4n) is 2.17. The van der Waals surface area contributed by atoms with E-state index in [4.69, 9.17) is 23.8 Å². The first-order valence-electron chi connectivity index (χ1n) is 8.04. The van der Waals surface area contributed by atoms with Crippen molar-refractivity contribution in [3.63, 3.8) is 0 Å². The van der Waals surface area contributed by atoms with Crippen molar-refractivity contribution in [2.24, 2.45) is 0 Å². The molecule has 0 atom stereocenters. The number of rotatable bonds is 13. The molecule has 122 valence electrons. The van der Waals surface area contributed by atoms with E-state index in [1.165, 1.54) is 64.2 Å². The van der Waals surface area contributed by atoms with Crippen LogP contribution in [0.5, 0.6) is 0 Å². The number of unbranched alkanes of at least 4 members (excludes halogenated alkanes) is 9. The molecule has 0 N–H and O–H groups in total. The molecule has 21 heavy (non-hydrogen) atoms. The second kappa shape index (κ2) is 12.9. The molecule has 2 nitrogen and oxygen atoms in total. The van der Waals surface area contributed by atoms with Crippen LogP contribution in [0, 0.1) is 3.95 Å². The van der Waals surface area contributed by atoms with Crippen LogP contribution in [0.25, 0.3) is 0 Å². The molecule has 1 aromatic heterocycles. The van der Waals surface area contributed by atoms with Crippen molar-refractivity contribution in [3.8, 4) is 0 Å². The highest BCUT2D eigenvalue weighted by Crippen LogP contribution is 2.23. The van der Waals surface area contributed by atoms with Gasteiger partial charge in [0.15, 0.2) is 8.29 Å². The van der Waals surface area contributed by atoms with Gasteiger partial charge in [-0.25, -0.2) is 4.68 Å². The molecule has 0 saturated carbocycles. The summed E-state index contributed by atoms with van der Waals surface area (Å²) in [6.07, 6.45) is 13.8. The third-order valence-electron chi connectivity index (χ3n) is 3.42. The average molecular weight is 367 g/mol. The summed E-state index contributed by atoms with van der Waals surface area (Å²) in [5, 5.41) is 4.37. The Labute approximate surface area is 147 Å². The third-order valence-corrected chi connectivity index (χ3v) is 6.18. The van der Waals surface area contributed by atoms with Crippen LogP contribution in [0.4, 0.5) is 0 Å². The zero-order valence-electron chi connectivity index (χ0n) is 13.0. The number of thioether (sulfide) groups is 1. The maximum atomic E-state index is 5.75. The largest absolute Gasteiger partial charge is 0.229 e. The van der Waals surface area contributed by atoms with E-state index in [0.29, 0.717) is 6.00 Å². The van der Waals surface area contributed by atoms with Crippen molar-refractivity contribution in [2.45, 2.75) is 81.5 Å². The minimum Gasteiger partial charge on any atom is -0.229 e. The predicted molar refractivity (Wildman–Crippen MR) is 99.4 cm³/mol. The lowest BCUT2D eigenvalue weighted by Crippen LogP contribution is -1.93. The summed E-state index contributed by atoms with van der Waals surface area (Å²) in [4.78, 5) is 0. The zero-order valence-corrected chi connectivity index (χ0v) is 16.2. The Kier molecular flexibility index (Phi) is 12.0. The molecule has 0 spiro atoms. The van der Waals surface area contributed by atoms with E-state index in [9.17, 15) is 0 Å². The number of nitrogens with zero attached hydrogens (tertiary/aromatic N) is 2. The van der Waals surface area contributed by atoms with Gasteiger partial charge in [0.2, 0.25) is 0 Å². The summed E-state index contributed by atoms with van der Waals surface area (Å²) in [7, 11) is 0. The molecule has 0 aromatic carbocycles. The summed E-state index contributed by atoms with van der Waals surface area (Å²) in [6, 6.07) is 0.355. The molecular formula is C15H27ClN2S3. The fourth-order valence-corrected chi connectivity index (χ4v) is 4.89. The zero-order chi connectivity index (χ0) is 15.3. The van der Waals surface area contributed by atoms with Crippen LogP contribution in [0.1, 0.15) is 71.1 Å². The van der Waals surface area contributed by atoms with E-state index in [1.54, 1.807) is 16.0 Å². The van der Waals surface area contributed by atoms with Gasteiger partial charge in [0.25, 0.3) is 0 Å². The maximum Gasteiger partial charge on any atom is 0.181 e. The standard InChI is InChI=1S/C15H27ClN2S3/c1-2-3-4-5-6-7-8-9-10-11-12-20-14-17-18(13-16)15(19)21-14/h2-13H2,1H3. The van der Waals surface area contributed by atoms with Crippen LogP contribution in [-0.4, -0.2) is 15.5 Å². The Morgan fingerprint density at radius 3 is 2.14 bits per heavy atom. The topological polar surface area (TPSA) is 17.8 Å². The summed E-state index contributed by atoms with van der Waals surface area (Å²) >= 11 is 14.3. The Morgan fingerprint density at radius 1 is 1.05 bits per heavy atom. The monoisotopic (exact) mass is 366 g/mol. The molecule has 1 rings (SSSR count). The molecule has 0 unspecified atom stereocenters. The highest BCUT2D eigenvalue weighted by molar-refractivity contribution is 8.01. The highest BCUT2D eigenvalue weighted by Gasteiger charge is 2.03. The molecule has 0 bridgehead atoms. The van der Waals surface area contributed by atoms with Crippen LogP contribution in [-0.2, 0) is 6.00 Å². The van der Waals surface area contributed by atoms with Crippen molar-refractivity contribution >= 4 is 46.9 Å². The van der Waals surface area contributed by atoms with Gasteiger partial charge < -0.3 is 0 Å². The van der Waals surface area contributed by atoms with Crippen molar-refractivity contribution < 1.29 is 0 Å². The number of alkyl halides is 1. The van der Waals surface area contributed by atoms with Gasteiger partial charge in [0.05, 0.1) is 0 Å². The lowest BCUT2D eigenvalue weighted by atomic mass is 10.1. The second-order valence-corrected chi connectivity index (χ2v) is 8.49. The molecule has 0 amide bonds. The number of aromatic nitrogens is 2. The molecular weight excluding hydrogens is 340 g/mol. The maximum absolute atomic E-state index is 5.75. The quantitative estimate of drug-likeness (QED) is 0.164. The van der Waals surface area contributed by atoms with Gasteiger partial charge in [0.1, 0.15) is 6.00 Å². The van der Waals surface area contributed by atoms with Crippen LogP contribution >= 0.6 is 46.9 Å². The van der Waals surface area contributed by atoms with E-state index in [0.717, 1.165) is 14.0 Å². The highest BCUT2D eigenvalue weighted by atomic mass is 35.5. The predicted octanol–water partition coefficient (Wildman–Crippen LogP) is 6.88. The van der Waals surface area contributed by atoms with E-state index in [2.05, 4.69) is 12.0 Å². The van der Waals surface area contributed by atoms with Gasteiger partial charge in [-0.1, -0.05) is 87.8 Å². The summed E-state index contributed by atoms with van der Waals surface area (Å²) < 4.78 is 3.51. The smallest absolute Gasteiger partial charge is 0.181 e. The van der Waals surface area contributed by atoms with Crippen molar-refractivity contribution in [2.75, 3.05) is 5.75 Å². The molecule has 0 fully saturated rings. The van der Waals surface area contributed by atoms with Gasteiger partial charge in [-0.3, -0.25) is 0 Å². The molecule has 0 saturated heterocycles. The minimum atomic E-state index is 0.355. The lowest BCUT2D eigenvalue weighted by Gasteiger charge is -2.01. The van der Waals surface area contributed by atoms with Gasteiger partial charge in [-0.15, -0.1) is 11.6 Å². The molecule has 1 aromatic rings. The Morgan fingerprint density at radius 2 is 1.62 bits per heavy atom. The third kappa shape index (κ3) is 9.22. The van der Waals surface area contributed by atoms with Crippen molar-refractivity contribution in [1.29, 1.82) is 0 Å². The van der Waals surface area contributed by atoms with E-state index < -0.39 is 0 Å². The van der Waals surface area contributed by atoms with Gasteiger partial charge in [-0.2, -0.15) is 5.10 Å². The molecule has 0 aliphatic heterocycles. The molecule has 1 heterocycles. The van der Waals surface area contributed by atoms with E-state index in [1.807, 2.05) is 11.8 Å². The molecule has 0 radical (unpaired) electrons. The SMILES string of the molecule is CCCCCCCCCCCCSc1nn(CCl)c(=S)s1. The summed E-state index contributed by atoms with van der Waals surface area (Å²) in [5.41, 5.74) is 0. The van der Waals surface area contributed by atoms with Crippen LogP contribution in [0.3, 0.4) is 0 Å². The van der Waals surface area contributed by atoms with E-state index in [-0.39, 0.29) is 0 Å². The van der Waals surface area contributed by atoms with Gasteiger partial charge in [0, 0.05) is 5.75 Å². The van der Waals surface area contributed by atoms with Crippen molar-refractivity contribution in [1.82, 2.24) is 9.78 Å². The first kappa shape index (κ1) is 19.5. The normalized spacial score (nSPS) is 11.1. The Bertz CT molecular complexity index is 417. The van der Waals surface area contributed by atoms with Crippen LogP contribution in [0.15, 0.2) is 4.34 Å². The Balaban J connectivity index is 1.91. The van der Waals surface area contributed by atoms with Gasteiger partial charge >= 0.3 is 0 Å². The second-order valence-electron chi connectivity index (χ2n) is 5.28. The summed E-state index contributed by atoms with van der Waals surface area (Å²) in [6.45, 7) is 2.27. The Hall–Kier alpha value is 0.420. The lowest BCUT2D eigenvalue weighted by molar-refractivity contribution is 0.563.